The monoisotopic (exact) mass is 151 g/mol. The number of nitrogens with zero attached hydrogens (tertiary/aromatic N) is 1. The molecule has 3 nitrogen and oxygen atoms in total. The van der Waals surface area contributed by atoms with E-state index < -0.39 is 0 Å². The molecule has 1 aromatic carbocycles. The van der Waals surface area contributed by atoms with Crippen molar-refractivity contribution in [1.82, 2.24) is 5.01 Å². The van der Waals surface area contributed by atoms with Crippen molar-refractivity contribution in [2.24, 2.45) is 11.6 Å². The fourth-order valence-corrected chi connectivity index (χ4v) is 0.885. The third kappa shape index (κ3) is 2.01. The van der Waals surface area contributed by atoms with Gasteiger partial charge >= 0.3 is 0 Å². The van der Waals surface area contributed by atoms with E-state index in [9.17, 15) is 0 Å². The number of hydrazine groups is 1. The molecular weight excluding hydrogens is 138 g/mol. The maximum Gasteiger partial charge on any atom is 0.0961 e. The van der Waals surface area contributed by atoms with E-state index in [1.54, 1.807) is 7.05 Å². The van der Waals surface area contributed by atoms with E-state index in [1.165, 1.54) is 5.01 Å². The van der Waals surface area contributed by atoms with Crippen molar-refractivity contribution in [2.45, 2.75) is 6.17 Å². The van der Waals surface area contributed by atoms with Gasteiger partial charge in [-0.1, -0.05) is 30.3 Å². The zero-order valence-corrected chi connectivity index (χ0v) is 6.57. The fourth-order valence-electron chi connectivity index (χ4n) is 0.885. The molecule has 1 aromatic rings. The van der Waals surface area contributed by atoms with Crippen LogP contribution in [-0.4, -0.2) is 12.1 Å². The van der Waals surface area contributed by atoms with Gasteiger partial charge in [0.2, 0.25) is 0 Å². The lowest BCUT2D eigenvalue weighted by Crippen LogP contribution is -2.36. The molecule has 0 spiro atoms. The third-order valence-electron chi connectivity index (χ3n) is 1.58. The summed E-state index contributed by atoms with van der Waals surface area (Å²) in [6, 6.07) is 9.74. The summed E-state index contributed by atoms with van der Waals surface area (Å²) >= 11 is 0. The molecule has 0 aliphatic heterocycles. The van der Waals surface area contributed by atoms with Crippen molar-refractivity contribution >= 4 is 0 Å². The van der Waals surface area contributed by atoms with Gasteiger partial charge in [0, 0.05) is 7.05 Å². The molecule has 0 aromatic heterocycles. The largest absolute Gasteiger partial charge is 0.311 e. The Kier molecular flexibility index (Phi) is 2.59. The van der Waals surface area contributed by atoms with E-state index in [0.717, 1.165) is 5.56 Å². The lowest BCUT2D eigenvalue weighted by Gasteiger charge is -2.18. The summed E-state index contributed by atoms with van der Waals surface area (Å²) in [5, 5.41) is 1.48. The highest BCUT2D eigenvalue weighted by molar-refractivity contribution is 5.17. The fraction of sp³-hybridized carbons (Fsp3) is 0.250. The minimum Gasteiger partial charge on any atom is -0.311 e. The van der Waals surface area contributed by atoms with Crippen molar-refractivity contribution in [3.63, 3.8) is 0 Å². The highest BCUT2D eigenvalue weighted by atomic mass is 15.4. The Morgan fingerprint density at radius 2 is 1.82 bits per heavy atom. The first kappa shape index (κ1) is 8.20. The van der Waals surface area contributed by atoms with Crippen LogP contribution in [0.25, 0.3) is 0 Å². The predicted molar refractivity (Wildman–Crippen MR) is 45.3 cm³/mol. The van der Waals surface area contributed by atoms with Gasteiger partial charge in [-0.3, -0.25) is 5.84 Å². The Morgan fingerprint density at radius 3 is 2.27 bits per heavy atom. The van der Waals surface area contributed by atoms with Crippen molar-refractivity contribution in [1.29, 1.82) is 0 Å². The lowest BCUT2D eigenvalue weighted by molar-refractivity contribution is 0.258. The van der Waals surface area contributed by atoms with Crippen molar-refractivity contribution < 1.29 is 0 Å². The normalized spacial score (nSPS) is 13.5. The number of benzene rings is 1. The van der Waals surface area contributed by atoms with E-state index >= 15 is 0 Å². The quantitative estimate of drug-likeness (QED) is 0.366. The van der Waals surface area contributed by atoms with Crippen LogP contribution in [-0.2, 0) is 0 Å². The Bertz CT molecular complexity index is 208. The van der Waals surface area contributed by atoms with Crippen LogP contribution in [0.15, 0.2) is 30.3 Å². The van der Waals surface area contributed by atoms with E-state index in [2.05, 4.69) is 0 Å². The first-order valence-corrected chi connectivity index (χ1v) is 3.50. The summed E-state index contributed by atoms with van der Waals surface area (Å²) < 4.78 is 0. The average Bonchev–Trinajstić information content (AvgIpc) is 2.05. The van der Waals surface area contributed by atoms with Crippen LogP contribution in [0, 0.1) is 0 Å². The zero-order valence-electron chi connectivity index (χ0n) is 6.57. The van der Waals surface area contributed by atoms with Crippen LogP contribution in [0.1, 0.15) is 11.7 Å². The van der Waals surface area contributed by atoms with Crippen molar-refractivity contribution in [3.8, 4) is 0 Å². The molecule has 0 fully saturated rings. The molecule has 0 aliphatic rings. The second-order valence-electron chi connectivity index (χ2n) is 2.52. The molecule has 11 heavy (non-hydrogen) atoms. The number of hydrogen-bond acceptors (Lipinski definition) is 3. The molecule has 0 radical (unpaired) electrons. The SMILES string of the molecule is CN(N)C(N)c1ccccc1. The predicted octanol–water partition coefficient (Wildman–Crippen LogP) is 0.449. The maximum atomic E-state index is 5.74. The van der Waals surface area contributed by atoms with Gasteiger partial charge in [-0.15, -0.1) is 0 Å². The van der Waals surface area contributed by atoms with E-state index in [-0.39, 0.29) is 6.17 Å². The Hall–Kier alpha value is -0.900. The molecule has 0 amide bonds. The van der Waals surface area contributed by atoms with Crippen LogP contribution in [0.2, 0.25) is 0 Å². The second kappa shape index (κ2) is 3.48. The molecule has 0 aliphatic carbocycles. The van der Waals surface area contributed by atoms with Crippen LogP contribution in [0.5, 0.6) is 0 Å². The van der Waals surface area contributed by atoms with Crippen LogP contribution in [0.3, 0.4) is 0 Å². The molecule has 0 heterocycles. The number of rotatable bonds is 2. The van der Waals surface area contributed by atoms with E-state index in [4.69, 9.17) is 11.6 Å². The van der Waals surface area contributed by atoms with Gasteiger partial charge in [-0.05, 0) is 5.56 Å². The van der Waals surface area contributed by atoms with E-state index in [1.807, 2.05) is 30.3 Å². The molecule has 60 valence electrons. The average molecular weight is 151 g/mol. The highest BCUT2D eigenvalue weighted by Crippen LogP contribution is 2.08. The maximum absolute atomic E-state index is 5.74. The Morgan fingerprint density at radius 1 is 1.27 bits per heavy atom. The minimum absolute atomic E-state index is 0.212. The van der Waals surface area contributed by atoms with Crippen LogP contribution < -0.4 is 11.6 Å². The molecule has 1 unspecified atom stereocenters. The van der Waals surface area contributed by atoms with Crippen LogP contribution >= 0.6 is 0 Å². The van der Waals surface area contributed by atoms with Gasteiger partial charge in [0.1, 0.15) is 0 Å². The molecule has 0 saturated carbocycles. The Balaban J connectivity index is 2.77. The molecule has 0 saturated heterocycles. The van der Waals surface area contributed by atoms with Gasteiger partial charge in [0.15, 0.2) is 0 Å². The summed E-state index contributed by atoms with van der Waals surface area (Å²) in [6.07, 6.45) is -0.212. The van der Waals surface area contributed by atoms with Crippen molar-refractivity contribution in [3.05, 3.63) is 35.9 Å². The summed E-state index contributed by atoms with van der Waals surface area (Å²) in [4.78, 5) is 0. The molecular formula is C8H13N3. The van der Waals surface area contributed by atoms with Gasteiger partial charge < -0.3 is 5.73 Å². The molecule has 0 bridgehead atoms. The first-order chi connectivity index (χ1) is 5.22. The summed E-state index contributed by atoms with van der Waals surface area (Å²) in [5.74, 6) is 5.48. The van der Waals surface area contributed by atoms with Gasteiger partial charge in [-0.2, -0.15) is 0 Å². The van der Waals surface area contributed by atoms with E-state index in [0.29, 0.717) is 0 Å². The summed E-state index contributed by atoms with van der Waals surface area (Å²) in [7, 11) is 1.75. The topological polar surface area (TPSA) is 55.3 Å². The molecule has 1 atom stereocenters. The smallest absolute Gasteiger partial charge is 0.0961 e. The Labute approximate surface area is 66.6 Å². The van der Waals surface area contributed by atoms with Gasteiger partial charge in [0.05, 0.1) is 6.17 Å². The third-order valence-corrected chi connectivity index (χ3v) is 1.58. The molecule has 1 rings (SSSR count). The lowest BCUT2D eigenvalue weighted by atomic mass is 10.2. The second-order valence-corrected chi connectivity index (χ2v) is 2.52. The number of nitrogens with two attached hydrogens (primary N) is 2. The van der Waals surface area contributed by atoms with Crippen molar-refractivity contribution in [2.75, 3.05) is 7.05 Å². The van der Waals surface area contributed by atoms with Gasteiger partial charge in [0.25, 0.3) is 0 Å². The minimum atomic E-state index is -0.212. The molecule has 4 N–H and O–H groups in total. The molecule has 3 heteroatoms. The van der Waals surface area contributed by atoms with Crippen LogP contribution in [0.4, 0.5) is 0 Å². The summed E-state index contributed by atoms with van der Waals surface area (Å²) in [6.45, 7) is 0. The zero-order chi connectivity index (χ0) is 8.27. The first-order valence-electron chi connectivity index (χ1n) is 3.50. The summed E-state index contributed by atoms with van der Waals surface area (Å²) in [5.41, 5.74) is 6.76. The number of hydrogen-bond donors (Lipinski definition) is 2. The highest BCUT2D eigenvalue weighted by Gasteiger charge is 2.05. The standard InChI is InChI=1S/C8H13N3/c1-11(10)8(9)7-5-3-2-4-6-7/h2-6,8H,9-10H2,1H3. The van der Waals surface area contributed by atoms with Gasteiger partial charge in [-0.25, -0.2) is 5.01 Å².